The fourth-order valence-electron chi connectivity index (χ4n) is 2.07. The second-order valence-corrected chi connectivity index (χ2v) is 5.05. The molecule has 0 spiro atoms. The molecule has 7 heteroatoms. The van der Waals surface area contributed by atoms with Crippen LogP contribution in [0.1, 0.15) is 24.5 Å². The number of benzene rings is 1. The molecule has 1 aromatic carbocycles. The molecule has 21 heavy (non-hydrogen) atoms. The molecule has 1 unspecified atom stereocenters. The maximum Gasteiger partial charge on any atom is 0.436 e. The number of fused-ring (bicyclic) bond motifs is 1. The van der Waals surface area contributed by atoms with E-state index < -0.39 is 18.3 Å². The molecule has 0 saturated heterocycles. The minimum absolute atomic E-state index is 0.132. The van der Waals surface area contributed by atoms with Gasteiger partial charge in [-0.1, -0.05) is 0 Å². The van der Waals surface area contributed by atoms with Crippen LogP contribution in [0.5, 0.6) is 0 Å². The molecule has 0 bridgehead atoms. The molecule has 1 atom stereocenters. The quantitative estimate of drug-likeness (QED) is 0.835. The normalized spacial score (nSPS) is 22.0. The van der Waals surface area contributed by atoms with E-state index in [0.717, 1.165) is 11.1 Å². The lowest BCUT2D eigenvalue weighted by molar-refractivity contribution is -0.246. The Hall–Kier alpha value is -1.76. The number of aliphatic hydroxyl groups is 1. The van der Waals surface area contributed by atoms with Crippen molar-refractivity contribution < 1.29 is 23.0 Å². The first-order valence-electron chi connectivity index (χ1n) is 6.55. The van der Waals surface area contributed by atoms with Gasteiger partial charge in [-0.3, -0.25) is 0 Å². The number of aliphatic imine (C=N–C) groups is 1. The molecule has 2 N–H and O–H groups in total. The Morgan fingerprint density at radius 3 is 2.52 bits per heavy atom. The van der Waals surface area contributed by atoms with Crippen LogP contribution in [0.3, 0.4) is 0 Å². The van der Waals surface area contributed by atoms with E-state index in [-0.39, 0.29) is 18.2 Å². The number of rotatable bonds is 1. The van der Waals surface area contributed by atoms with Crippen LogP contribution >= 0.6 is 0 Å². The SMILES string of the molecule is CCOC1=Nc2cc(C)c(C)cc2NC(O)(C(F)(F)F)C1. The molecule has 1 aromatic rings. The Morgan fingerprint density at radius 2 is 1.95 bits per heavy atom. The average Bonchev–Trinajstić information content (AvgIpc) is 2.46. The highest BCUT2D eigenvalue weighted by molar-refractivity contribution is 5.86. The number of ether oxygens (including phenoxy) is 1. The molecular weight excluding hydrogens is 285 g/mol. The van der Waals surface area contributed by atoms with Crippen LogP contribution in [-0.2, 0) is 4.74 Å². The van der Waals surface area contributed by atoms with Crippen LogP contribution in [0.4, 0.5) is 24.5 Å². The first-order chi connectivity index (χ1) is 9.66. The zero-order chi connectivity index (χ0) is 15.8. The van der Waals surface area contributed by atoms with Crippen molar-refractivity contribution in [2.45, 2.75) is 39.1 Å². The number of nitrogens with one attached hydrogen (secondary N) is 1. The molecule has 1 aliphatic heterocycles. The molecule has 0 fully saturated rings. The highest BCUT2D eigenvalue weighted by Gasteiger charge is 2.56. The van der Waals surface area contributed by atoms with Gasteiger partial charge < -0.3 is 15.2 Å². The van der Waals surface area contributed by atoms with Crippen molar-refractivity contribution in [2.75, 3.05) is 11.9 Å². The highest BCUT2D eigenvalue weighted by Crippen LogP contribution is 2.41. The smallest absolute Gasteiger partial charge is 0.436 e. The van der Waals surface area contributed by atoms with Crippen molar-refractivity contribution in [1.82, 2.24) is 0 Å². The summed E-state index contributed by atoms with van der Waals surface area (Å²) in [5.41, 5.74) is -0.948. The summed E-state index contributed by atoms with van der Waals surface area (Å²) in [5.74, 6) is -0.146. The zero-order valence-electron chi connectivity index (χ0n) is 12.0. The van der Waals surface area contributed by atoms with Crippen molar-refractivity contribution >= 4 is 17.3 Å². The Morgan fingerprint density at radius 1 is 1.33 bits per heavy atom. The summed E-state index contributed by atoms with van der Waals surface area (Å²) in [5, 5.41) is 12.2. The Bertz CT molecular complexity index is 584. The van der Waals surface area contributed by atoms with E-state index in [1.54, 1.807) is 26.0 Å². The third-order valence-corrected chi connectivity index (χ3v) is 3.39. The second kappa shape index (κ2) is 5.22. The van der Waals surface area contributed by atoms with Gasteiger partial charge in [0, 0.05) is 0 Å². The first-order valence-corrected chi connectivity index (χ1v) is 6.55. The maximum atomic E-state index is 13.2. The molecule has 4 nitrogen and oxygen atoms in total. The number of hydrogen-bond acceptors (Lipinski definition) is 4. The summed E-state index contributed by atoms with van der Waals surface area (Å²) >= 11 is 0. The van der Waals surface area contributed by atoms with E-state index in [1.807, 2.05) is 6.92 Å². The van der Waals surface area contributed by atoms with Crippen LogP contribution < -0.4 is 5.32 Å². The van der Waals surface area contributed by atoms with Gasteiger partial charge in [0.25, 0.3) is 0 Å². The topological polar surface area (TPSA) is 53.8 Å². The van der Waals surface area contributed by atoms with Gasteiger partial charge >= 0.3 is 6.18 Å². The molecular formula is C14H17F3N2O2. The van der Waals surface area contributed by atoms with E-state index in [1.165, 1.54) is 0 Å². The molecule has 1 aliphatic rings. The lowest BCUT2D eigenvalue weighted by Gasteiger charge is -2.31. The summed E-state index contributed by atoms with van der Waals surface area (Å²) in [7, 11) is 0. The molecule has 0 aromatic heterocycles. The number of nitrogens with zero attached hydrogens (tertiary/aromatic N) is 1. The average molecular weight is 302 g/mol. The maximum absolute atomic E-state index is 13.2. The second-order valence-electron chi connectivity index (χ2n) is 5.05. The highest BCUT2D eigenvalue weighted by atomic mass is 19.4. The summed E-state index contributed by atoms with van der Waals surface area (Å²) in [6.07, 6.45) is -5.64. The van der Waals surface area contributed by atoms with Gasteiger partial charge in [-0.2, -0.15) is 13.2 Å². The van der Waals surface area contributed by atoms with Crippen molar-refractivity contribution in [3.05, 3.63) is 23.3 Å². The molecule has 1 heterocycles. The lowest BCUT2D eigenvalue weighted by atomic mass is 10.1. The number of anilines is 1. The van der Waals surface area contributed by atoms with Crippen LogP contribution in [0.25, 0.3) is 0 Å². The predicted molar refractivity (Wildman–Crippen MR) is 73.9 cm³/mol. The van der Waals surface area contributed by atoms with Crippen LogP contribution in [-0.4, -0.2) is 29.5 Å². The van der Waals surface area contributed by atoms with E-state index in [9.17, 15) is 18.3 Å². The summed E-state index contributed by atoms with van der Waals surface area (Å²) in [6.45, 7) is 5.44. The molecule has 0 radical (unpaired) electrons. The third kappa shape index (κ3) is 2.97. The van der Waals surface area contributed by atoms with Crippen molar-refractivity contribution in [2.24, 2.45) is 4.99 Å². The Balaban J connectivity index is 2.57. The standard InChI is InChI=1S/C14H17F3N2O2/c1-4-21-12-7-13(20,14(15,16)17)19-11-6-9(3)8(2)5-10(11)18-12/h5-6,19-20H,4,7H2,1-3H3. The van der Waals surface area contributed by atoms with Gasteiger partial charge in [0.2, 0.25) is 5.72 Å². The van der Waals surface area contributed by atoms with E-state index in [2.05, 4.69) is 10.3 Å². The van der Waals surface area contributed by atoms with Crippen molar-refractivity contribution in [3.63, 3.8) is 0 Å². The van der Waals surface area contributed by atoms with Crippen LogP contribution in [0, 0.1) is 13.8 Å². The Kier molecular flexibility index (Phi) is 3.88. The number of alkyl halides is 3. The monoisotopic (exact) mass is 302 g/mol. The molecule has 116 valence electrons. The lowest BCUT2D eigenvalue weighted by Crippen LogP contribution is -2.53. The largest absolute Gasteiger partial charge is 0.481 e. The minimum atomic E-state index is -4.86. The van der Waals surface area contributed by atoms with Gasteiger partial charge in [-0.15, -0.1) is 0 Å². The fourth-order valence-corrected chi connectivity index (χ4v) is 2.07. The molecule has 0 saturated carbocycles. The zero-order valence-corrected chi connectivity index (χ0v) is 12.0. The van der Waals surface area contributed by atoms with Gasteiger partial charge in [-0.05, 0) is 44.0 Å². The first kappa shape index (κ1) is 15.6. The molecule has 0 amide bonds. The fraction of sp³-hybridized carbons (Fsp3) is 0.500. The van der Waals surface area contributed by atoms with Gasteiger partial charge in [0.05, 0.1) is 24.4 Å². The minimum Gasteiger partial charge on any atom is -0.481 e. The van der Waals surface area contributed by atoms with E-state index in [4.69, 9.17) is 4.74 Å². The van der Waals surface area contributed by atoms with E-state index in [0.29, 0.717) is 5.69 Å². The van der Waals surface area contributed by atoms with Gasteiger partial charge in [0.15, 0.2) is 5.90 Å². The van der Waals surface area contributed by atoms with Crippen molar-refractivity contribution in [1.29, 1.82) is 0 Å². The number of halogens is 3. The summed E-state index contributed by atoms with van der Waals surface area (Å²) in [6, 6.07) is 3.21. The number of hydrogen-bond donors (Lipinski definition) is 2. The number of aryl methyl sites for hydroxylation is 2. The van der Waals surface area contributed by atoms with Gasteiger partial charge in [0.1, 0.15) is 0 Å². The van der Waals surface area contributed by atoms with Gasteiger partial charge in [-0.25, -0.2) is 4.99 Å². The molecule has 0 aliphatic carbocycles. The summed E-state index contributed by atoms with van der Waals surface area (Å²) < 4.78 is 44.6. The predicted octanol–water partition coefficient (Wildman–Crippen LogP) is 3.44. The van der Waals surface area contributed by atoms with Crippen LogP contribution in [0.2, 0.25) is 0 Å². The van der Waals surface area contributed by atoms with Crippen LogP contribution in [0.15, 0.2) is 17.1 Å². The van der Waals surface area contributed by atoms with Crippen molar-refractivity contribution in [3.8, 4) is 0 Å². The van der Waals surface area contributed by atoms with E-state index >= 15 is 0 Å². The summed E-state index contributed by atoms with van der Waals surface area (Å²) in [4.78, 5) is 4.11. The third-order valence-electron chi connectivity index (χ3n) is 3.39. The molecule has 2 rings (SSSR count). The Labute approximate surface area is 120 Å².